The molecule has 1 aromatic carbocycles. The third kappa shape index (κ3) is 1.71. The van der Waals surface area contributed by atoms with Gasteiger partial charge in [0.25, 0.3) is 0 Å². The molecule has 18 heavy (non-hydrogen) atoms. The third-order valence-electron chi connectivity index (χ3n) is 3.97. The van der Waals surface area contributed by atoms with Crippen molar-refractivity contribution in [1.82, 2.24) is 5.32 Å². The van der Waals surface area contributed by atoms with Crippen molar-refractivity contribution in [1.29, 1.82) is 0 Å². The molecule has 1 saturated heterocycles. The standard InChI is InChI=1S/C13H18N2O3/c14-9-7-13(3-5-15-6-4-13)18-12-8(9)1-2-10(16)11(12)17/h1-2,9,15-17H,3-7,14H2. The Balaban J connectivity index is 2.02. The van der Waals surface area contributed by atoms with Crippen LogP contribution >= 0.6 is 0 Å². The summed E-state index contributed by atoms with van der Waals surface area (Å²) in [6.07, 6.45) is 2.50. The fraction of sp³-hybridized carbons (Fsp3) is 0.538. The lowest BCUT2D eigenvalue weighted by molar-refractivity contribution is 0.00522. The van der Waals surface area contributed by atoms with Gasteiger partial charge in [0.1, 0.15) is 5.60 Å². The lowest BCUT2D eigenvalue weighted by Crippen LogP contribution is -2.50. The van der Waals surface area contributed by atoms with Gasteiger partial charge in [-0.25, -0.2) is 0 Å². The van der Waals surface area contributed by atoms with Crippen molar-refractivity contribution in [3.8, 4) is 17.2 Å². The Morgan fingerprint density at radius 2 is 2.00 bits per heavy atom. The minimum atomic E-state index is -0.303. The predicted octanol–water partition coefficient (Wildman–Crippen LogP) is 1.00. The molecule has 0 saturated carbocycles. The van der Waals surface area contributed by atoms with Crippen LogP contribution in [0.4, 0.5) is 0 Å². The van der Waals surface area contributed by atoms with E-state index in [0.717, 1.165) is 37.9 Å². The molecule has 1 unspecified atom stereocenters. The van der Waals surface area contributed by atoms with Crippen molar-refractivity contribution in [2.45, 2.75) is 30.9 Å². The first-order valence-electron chi connectivity index (χ1n) is 6.31. The Bertz CT molecular complexity index is 470. The molecule has 1 aromatic rings. The maximum absolute atomic E-state index is 9.93. The summed E-state index contributed by atoms with van der Waals surface area (Å²) >= 11 is 0. The van der Waals surface area contributed by atoms with Gasteiger partial charge >= 0.3 is 0 Å². The van der Waals surface area contributed by atoms with Crippen molar-refractivity contribution >= 4 is 0 Å². The number of benzene rings is 1. The summed E-state index contributed by atoms with van der Waals surface area (Å²) < 4.78 is 6.01. The Labute approximate surface area is 106 Å². The summed E-state index contributed by atoms with van der Waals surface area (Å²) in [5.41, 5.74) is 6.65. The quantitative estimate of drug-likeness (QED) is 0.516. The molecule has 0 amide bonds. The van der Waals surface area contributed by atoms with Gasteiger partial charge in [-0.05, 0) is 38.1 Å². The predicted molar refractivity (Wildman–Crippen MR) is 66.8 cm³/mol. The van der Waals surface area contributed by atoms with Gasteiger partial charge in [0.05, 0.1) is 0 Å². The number of rotatable bonds is 0. The zero-order valence-electron chi connectivity index (χ0n) is 10.1. The van der Waals surface area contributed by atoms with Crippen LogP contribution in [0.1, 0.15) is 30.9 Å². The first-order valence-corrected chi connectivity index (χ1v) is 6.31. The topological polar surface area (TPSA) is 87.7 Å². The highest BCUT2D eigenvalue weighted by Gasteiger charge is 2.42. The average Bonchev–Trinajstić information content (AvgIpc) is 2.35. The van der Waals surface area contributed by atoms with E-state index in [9.17, 15) is 10.2 Å². The van der Waals surface area contributed by atoms with E-state index in [4.69, 9.17) is 10.5 Å². The van der Waals surface area contributed by atoms with Gasteiger partial charge in [-0.3, -0.25) is 0 Å². The molecular weight excluding hydrogens is 232 g/mol. The van der Waals surface area contributed by atoms with Crippen molar-refractivity contribution in [3.63, 3.8) is 0 Å². The van der Waals surface area contributed by atoms with E-state index in [1.807, 2.05) is 0 Å². The molecule has 2 heterocycles. The number of phenolic OH excluding ortho intramolecular Hbond substituents is 2. The van der Waals surface area contributed by atoms with Gasteiger partial charge < -0.3 is 26.0 Å². The van der Waals surface area contributed by atoms with E-state index in [-0.39, 0.29) is 23.1 Å². The number of nitrogens with two attached hydrogens (primary N) is 1. The van der Waals surface area contributed by atoms with Crippen LogP contribution in [0.5, 0.6) is 17.2 Å². The monoisotopic (exact) mass is 250 g/mol. The van der Waals surface area contributed by atoms with Crippen molar-refractivity contribution < 1.29 is 14.9 Å². The number of phenols is 2. The Kier molecular flexibility index (Phi) is 2.60. The molecule has 3 rings (SSSR count). The van der Waals surface area contributed by atoms with Gasteiger partial charge in [-0.1, -0.05) is 0 Å². The van der Waals surface area contributed by atoms with E-state index in [1.165, 1.54) is 6.07 Å². The van der Waals surface area contributed by atoms with Crippen LogP contribution in [0.2, 0.25) is 0 Å². The summed E-state index contributed by atoms with van der Waals surface area (Å²) in [5.74, 6) is 0.00291. The molecule has 1 fully saturated rings. The highest BCUT2D eigenvalue weighted by molar-refractivity contribution is 5.56. The molecule has 1 spiro atoms. The zero-order valence-corrected chi connectivity index (χ0v) is 10.1. The van der Waals surface area contributed by atoms with Crippen LogP contribution in [0.3, 0.4) is 0 Å². The number of piperidine rings is 1. The largest absolute Gasteiger partial charge is 0.504 e. The summed E-state index contributed by atoms with van der Waals surface area (Å²) in [6, 6.07) is 3.03. The van der Waals surface area contributed by atoms with Crippen LogP contribution in [0.15, 0.2) is 12.1 Å². The lowest BCUT2D eigenvalue weighted by Gasteiger charge is -2.43. The molecule has 1 atom stereocenters. The second-order valence-corrected chi connectivity index (χ2v) is 5.20. The zero-order chi connectivity index (χ0) is 12.8. The van der Waals surface area contributed by atoms with Gasteiger partial charge in [0.15, 0.2) is 11.5 Å². The highest BCUT2D eigenvalue weighted by Crippen LogP contribution is 2.49. The number of hydrogen-bond donors (Lipinski definition) is 4. The Hall–Kier alpha value is -1.46. The molecule has 5 nitrogen and oxygen atoms in total. The van der Waals surface area contributed by atoms with Gasteiger partial charge in [-0.2, -0.15) is 0 Å². The van der Waals surface area contributed by atoms with E-state index >= 15 is 0 Å². The average molecular weight is 250 g/mol. The second-order valence-electron chi connectivity index (χ2n) is 5.20. The maximum atomic E-state index is 9.93. The molecule has 98 valence electrons. The number of aromatic hydroxyl groups is 2. The molecule has 0 aliphatic carbocycles. The third-order valence-corrected chi connectivity index (χ3v) is 3.97. The number of hydrogen-bond acceptors (Lipinski definition) is 5. The summed E-state index contributed by atoms with van der Waals surface area (Å²) in [7, 11) is 0. The molecule has 2 aliphatic rings. The summed E-state index contributed by atoms with van der Waals surface area (Å²) in [5, 5.41) is 22.8. The van der Waals surface area contributed by atoms with Gasteiger partial charge in [-0.15, -0.1) is 0 Å². The highest BCUT2D eigenvalue weighted by atomic mass is 16.5. The molecule has 0 aromatic heterocycles. The fourth-order valence-corrected chi connectivity index (χ4v) is 2.93. The molecule has 0 radical (unpaired) electrons. The minimum Gasteiger partial charge on any atom is -0.504 e. The van der Waals surface area contributed by atoms with Crippen molar-refractivity contribution in [3.05, 3.63) is 17.7 Å². The number of fused-ring (bicyclic) bond motifs is 1. The fourth-order valence-electron chi connectivity index (χ4n) is 2.93. The van der Waals surface area contributed by atoms with E-state index in [2.05, 4.69) is 5.32 Å². The first-order chi connectivity index (χ1) is 8.61. The summed E-state index contributed by atoms with van der Waals surface area (Å²) in [6.45, 7) is 1.78. The van der Waals surface area contributed by atoms with E-state index in [0.29, 0.717) is 5.75 Å². The maximum Gasteiger partial charge on any atom is 0.200 e. The van der Waals surface area contributed by atoms with E-state index < -0.39 is 0 Å². The first kappa shape index (κ1) is 11.6. The van der Waals surface area contributed by atoms with E-state index in [1.54, 1.807) is 6.07 Å². The Morgan fingerprint density at radius 1 is 1.28 bits per heavy atom. The molecule has 2 aliphatic heterocycles. The van der Waals surface area contributed by atoms with Crippen LogP contribution in [0.25, 0.3) is 0 Å². The van der Waals surface area contributed by atoms with Crippen LogP contribution in [0, 0.1) is 0 Å². The van der Waals surface area contributed by atoms with Crippen molar-refractivity contribution in [2.24, 2.45) is 5.73 Å². The SMILES string of the molecule is NC1CC2(CCNCC2)Oc2c1ccc(O)c2O. The van der Waals surface area contributed by atoms with Crippen LogP contribution < -0.4 is 15.8 Å². The smallest absolute Gasteiger partial charge is 0.200 e. The summed E-state index contributed by atoms with van der Waals surface area (Å²) in [4.78, 5) is 0. The molecule has 5 N–H and O–H groups in total. The molecular formula is C13H18N2O3. The van der Waals surface area contributed by atoms with Crippen LogP contribution in [-0.4, -0.2) is 28.9 Å². The minimum absolute atomic E-state index is 0.154. The molecule has 0 bridgehead atoms. The van der Waals surface area contributed by atoms with Gasteiger partial charge in [0, 0.05) is 18.0 Å². The molecule has 5 heteroatoms. The van der Waals surface area contributed by atoms with Crippen LogP contribution in [-0.2, 0) is 0 Å². The lowest BCUT2D eigenvalue weighted by atomic mass is 9.81. The second kappa shape index (κ2) is 4.03. The van der Waals surface area contributed by atoms with Crippen molar-refractivity contribution in [2.75, 3.05) is 13.1 Å². The normalized spacial score (nSPS) is 25.5. The number of ether oxygens (including phenoxy) is 1. The number of nitrogens with one attached hydrogen (secondary N) is 1. The Morgan fingerprint density at radius 3 is 2.72 bits per heavy atom. The van der Waals surface area contributed by atoms with Gasteiger partial charge in [0.2, 0.25) is 5.75 Å².